The van der Waals surface area contributed by atoms with E-state index in [1.54, 1.807) is 20.8 Å². The highest BCUT2D eigenvalue weighted by molar-refractivity contribution is 7.80. The molecule has 0 spiro atoms. The summed E-state index contributed by atoms with van der Waals surface area (Å²) in [6.07, 6.45) is 3.57. The van der Waals surface area contributed by atoms with Crippen LogP contribution in [0.5, 0.6) is 0 Å². The van der Waals surface area contributed by atoms with E-state index in [2.05, 4.69) is 25.0 Å². The number of rotatable bonds is 6. The second kappa shape index (κ2) is 7.79. The Morgan fingerprint density at radius 2 is 2.00 bits per heavy atom. The summed E-state index contributed by atoms with van der Waals surface area (Å²) in [5.74, 6) is 0. The highest BCUT2D eigenvalue weighted by atomic mass is 32.1. The number of amides is 1. The number of hydrogen-bond acceptors (Lipinski definition) is 4. The Hall–Kier alpha value is -0.420. The first-order valence-corrected chi connectivity index (χ1v) is 6.19. The maximum absolute atomic E-state index is 11.2. The van der Waals surface area contributed by atoms with Crippen LogP contribution in [0, 0.1) is 0 Å². The molecule has 4 nitrogen and oxygen atoms in total. The lowest BCUT2D eigenvalue weighted by molar-refractivity contribution is -0.0174. The number of carbonyl (C=O) groups is 1. The van der Waals surface area contributed by atoms with Crippen LogP contribution in [0.4, 0.5) is 4.79 Å². The van der Waals surface area contributed by atoms with Crippen molar-refractivity contribution >= 4 is 18.7 Å². The molecule has 0 rings (SSSR count). The zero-order chi connectivity index (χ0) is 12.6. The van der Waals surface area contributed by atoms with Gasteiger partial charge in [0.05, 0.1) is 0 Å². The predicted molar refractivity (Wildman–Crippen MR) is 67.4 cm³/mol. The molecule has 1 atom stereocenters. The van der Waals surface area contributed by atoms with Crippen LogP contribution in [0.3, 0.4) is 0 Å². The average molecular weight is 249 g/mol. The van der Waals surface area contributed by atoms with Gasteiger partial charge >= 0.3 is 6.09 Å². The first kappa shape index (κ1) is 15.6. The molecule has 1 N–H and O–H groups in total. The third-order valence-electron chi connectivity index (χ3n) is 1.73. The maximum Gasteiger partial charge on any atom is 0.431 e. The van der Waals surface area contributed by atoms with Crippen LogP contribution in [0.15, 0.2) is 0 Å². The number of nitrogens with one attached hydrogen (secondary N) is 1. The Morgan fingerprint density at radius 1 is 1.38 bits per heavy atom. The number of thiol groups is 1. The van der Waals surface area contributed by atoms with E-state index in [9.17, 15) is 4.79 Å². The summed E-state index contributed by atoms with van der Waals surface area (Å²) in [6, 6.07) is 0. The molecule has 0 bridgehead atoms. The van der Waals surface area contributed by atoms with Crippen molar-refractivity contribution in [1.82, 2.24) is 5.48 Å². The fourth-order valence-corrected chi connectivity index (χ4v) is 1.28. The minimum atomic E-state index is -0.581. The van der Waals surface area contributed by atoms with Gasteiger partial charge in [-0.3, -0.25) is 4.84 Å². The van der Waals surface area contributed by atoms with E-state index in [4.69, 9.17) is 9.57 Å². The smallest absolute Gasteiger partial charge is 0.431 e. The molecule has 0 aliphatic heterocycles. The summed E-state index contributed by atoms with van der Waals surface area (Å²) in [5, 5.41) is 0. The molecule has 0 fully saturated rings. The molecular weight excluding hydrogens is 226 g/mol. The van der Waals surface area contributed by atoms with E-state index < -0.39 is 11.7 Å². The predicted octanol–water partition coefficient (Wildman–Crippen LogP) is 3.28. The SMILES string of the molecule is CCCCCC(S)ONC(=O)OC(C)(C)C. The van der Waals surface area contributed by atoms with Crippen LogP contribution in [-0.2, 0) is 9.57 Å². The largest absolute Gasteiger partial charge is 0.442 e. The highest BCUT2D eigenvalue weighted by Gasteiger charge is 2.16. The van der Waals surface area contributed by atoms with E-state index in [1.165, 1.54) is 0 Å². The van der Waals surface area contributed by atoms with Gasteiger partial charge in [-0.25, -0.2) is 4.79 Å². The molecule has 0 saturated carbocycles. The second-order valence-electron chi connectivity index (χ2n) is 4.67. The normalized spacial score (nSPS) is 13.3. The number of unbranched alkanes of at least 4 members (excludes halogenated alkanes) is 2. The third kappa shape index (κ3) is 10.1. The van der Waals surface area contributed by atoms with Gasteiger partial charge in [-0.05, 0) is 33.6 Å². The lowest BCUT2D eigenvalue weighted by atomic mass is 10.2. The first-order chi connectivity index (χ1) is 7.35. The Bertz CT molecular complexity index is 204. The van der Waals surface area contributed by atoms with Gasteiger partial charge in [0, 0.05) is 0 Å². The number of carbonyl (C=O) groups excluding carboxylic acids is 1. The minimum Gasteiger partial charge on any atom is -0.442 e. The zero-order valence-electron chi connectivity index (χ0n) is 10.6. The van der Waals surface area contributed by atoms with Crippen molar-refractivity contribution in [3.63, 3.8) is 0 Å². The Kier molecular flexibility index (Phi) is 7.58. The monoisotopic (exact) mass is 249 g/mol. The highest BCUT2D eigenvalue weighted by Crippen LogP contribution is 2.10. The molecule has 0 aromatic rings. The summed E-state index contributed by atoms with van der Waals surface area (Å²) in [5.41, 5.74) is 1.44. The number of hydrogen-bond donors (Lipinski definition) is 2. The molecule has 0 heterocycles. The molecule has 0 aliphatic rings. The average Bonchev–Trinajstić information content (AvgIpc) is 2.12. The van der Waals surface area contributed by atoms with Gasteiger partial charge in [0.1, 0.15) is 11.0 Å². The molecular formula is C11H23NO3S. The maximum atomic E-state index is 11.2. The van der Waals surface area contributed by atoms with E-state index in [0.717, 1.165) is 25.7 Å². The fourth-order valence-electron chi connectivity index (χ4n) is 1.04. The quantitative estimate of drug-likeness (QED) is 0.329. The Balaban J connectivity index is 3.59. The first-order valence-electron chi connectivity index (χ1n) is 5.68. The van der Waals surface area contributed by atoms with Gasteiger partial charge in [0.2, 0.25) is 0 Å². The lowest BCUT2D eigenvalue weighted by Gasteiger charge is -2.20. The van der Waals surface area contributed by atoms with Crippen LogP contribution in [-0.4, -0.2) is 17.1 Å². The van der Waals surface area contributed by atoms with Crippen molar-refractivity contribution in [2.24, 2.45) is 0 Å². The van der Waals surface area contributed by atoms with Gasteiger partial charge in [0.25, 0.3) is 0 Å². The summed E-state index contributed by atoms with van der Waals surface area (Å²) in [7, 11) is 0. The van der Waals surface area contributed by atoms with E-state index >= 15 is 0 Å². The van der Waals surface area contributed by atoms with Crippen molar-refractivity contribution in [3.8, 4) is 0 Å². The zero-order valence-corrected chi connectivity index (χ0v) is 11.5. The van der Waals surface area contributed by atoms with Crippen molar-refractivity contribution in [2.45, 2.75) is 64.4 Å². The second-order valence-corrected chi connectivity index (χ2v) is 5.25. The number of hydroxylamine groups is 1. The van der Waals surface area contributed by atoms with Crippen molar-refractivity contribution in [3.05, 3.63) is 0 Å². The van der Waals surface area contributed by atoms with Gasteiger partial charge in [-0.1, -0.05) is 19.8 Å². The molecule has 16 heavy (non-hydrogen) atoms. The summed E-state index contributed by atoms with van der Waals surface area (Å²) < 4.78 is 5.00. The standard InChI is InChI=1S/C11H23NO3S/c1-5-6-7-8-9(16)15-12-10(13)14-11(2,3)4/h9,16H,5-8H2,1-4H3,(H,12,13). The van der Waals surface area contributed by atoms with Crippen molar-refractivity contribution < 1.29 is 14.4 Å². The van der Waals surface area contributed by atoms with E-state index in [-0.39, 0.29) is 5.44 Å². The molecule has 1 amide bonds. The molecule has 96 valence electrons. The molecule has 0 aliphatic carbocycles. The van der Waals surface area contributed by atoms with Crippen LogP contribution in [0.1, 0.15) is 53.4 Å². The molecule has 0 radical (unpaired) electrons. The third-order valence-corrected chi connectivity index (χ3v) is 2.10. The van der Waals surface area contributed by atoms with Crippen LogP contribution in [0.2, 0.25) is 0 Å². The molecule has 0 aromatic heterocycles. The molecule has 0 aromatic carbocycles. The molecule has 1 unspecified atom stereocenters. The van der Waals surface area contributed by atoms with Crippen LogP contribution in [0.25, 0.3) is 0 Å². The fraction of sp³-hybridized carbons (Fsp3) is 0.909. The summed E-state index contributed by atoms with van der Waals surface area (Å²) >= 11 is 4.20. The van der Waals surface area contributed by atoms with Gasteiger partial charge in [-0.2, -0.15) is 5.48 Å². The van der Waals surface area contributed by atoms with Gasteiger partial charge in [0.15, 0.2) is 0 Å². The van der Waals surface area contributed by atoms with Crippen molar-refractivity contribution in [2.75, 3.05) is 0 Å². The van der Waals surface area contributed by atoms with Crippen LogP contribution < -0.4 is 5.48 Å². The minimum absolute atomic E-state index is 0.279. The summed E-state index contributed by atoms with van der Waals surface area (Å²) in [4.78, 5) is 16.2. The topological polar surface area (TPSA) is 47.6 Å². The number of ether oxygens (including phenoxy) is 1. The summed E-state index contributed by atoms with van der Waals surface area (Å²) in [6.45, 7) is 7.53. The molecule has 0 saturated heterocycles. The Labute approximate surface area is 103 Å². The van der Waals surface area contributed by atoms with Gasteiger partial charge in [-0.15, -0.1) is 12.6 Å². The van der Waals surface area contributed by atoms with Gasteiger partial charge < -0.3 is 4.74 Å². The van der Waals surface area contributed by atoms with Crippen LogP contribution >= 0.6 is 12.6 Å². The van der Waals surface area contributed by atoms with E-state index in [1.807, 2.05) is 0 Å². The van der Waals surface area contributed by atoms with Crippen molar-refractivity contribution in [1.29, 1.82) is 0 Å². The molecule has 5 heteroatoms. The van der Waals surface area contributed by atoms with E-state index in [0.29, 0.717) is 0 Å². The Morgan fingerprint density at radius 3 is 2.50 bits per heavy atom. The lowest BCUT2D eigenvalue weighted by Crippen LogP contribution is -2.34.